The summed E-state index contributed by atoms with van der Waals surface area (Å²) in [6.07, 6.45) is 3.17. The molecule has 2 rings (SSSR count). The number of anilines is 1. The SMILES string of the molecule is CCc1cccc(CC)c1NC(=O)c1cn[nH]n1. The summed E-state index contributed by atoms with van der Waals surface area (Å²) in [5, 5.41) is 12.8. The summed E-state index contributed by atoms with van der Waals surface area (Å²) >= 11 is 0. The highest BCUT2D eigenvalue weighted by Gasteiger charge is 2.13. The Hall–Kier alpha value is -2.17. The van der Waals surface area contributed by atoms with Gasteiger partial charge in [0.25, 0.3) is 5.91 Å². The molecule has 0 spiro atoms. The number of para-hydroxylation sites is 1. The average Bonchev–Trinajstić information content (AvgIpc) is 2.93. The molecule has 1 amide bonds. The van der Waals surface area contributed by atoms with Crippen molar-refractivity contribution >= 4 is 11.6 Å². The van der Waals surface area contributed by atoms with E-state index in [0.717, 1.165) is 29.7 Å². The molecule has 0 saturated heterocycles. The lowest BCUT2D eigenvalue weighted by atomic mass is 10.0. The summed E-state index contributed by atoms with van der Waals surface area (Å²) in [7, 11) is 0. The van der Waals surface area contributed by atoms with Crippen molar-refractivity contribution in [1.82, 2.24) is 15.4 Å². The van der Waals surface area contributed by atoms with Gasteiger partial charge in [0.15, 0.2) is 5.69 Å². The minimum atomic E-state index is -0.237. The number of aryl methyl sites for hydroxylation is 2. The fourth-order valence-corrected chi connectivity index (χ4v) is 1.89. The smallest absolute Gasteiger partial charge is 0.277 e. The number of amides is 1. The maximum Gasteiger partial charge on any atom is 0.277 e. The molecule has 0 saturated carbocycles. The molecule has 0 atom stereocenters. The lowest BCUT2D eigenvalue weighted by Gasteiger charge is -2.13. The lowest BCUT2D eigenvalue weighted by Crippen LogP contribution is -2.15. The highest BCUT2D eigenvalue weighted by molar-refractivity contribution is 6.03. The van der Waals surface area contributed by atoms with Gasteiger partial charge in [0.05, 0.1) is 6.20 Å². The Bertz CT molecular complexity index is 512. The van der Waals surface area contributed by atoms with Gasteiger partial charge in [-0.25, -0.2) is 0 Å². The van der Waals surface area contributed by atoms with E-state index in [0.29, 0.717) is 5.69 Å². The molecular weight excluding hydrogens is 228 g/mol. The van der Waals surface area contributed by atoms with E-state index in [1.807, 2.05) is 18.2 Å². The lowest BCUT2D eigenvalue weighted by molar-refractivity contribution is 0.102. The zero-order valence-corrected chi connectivity index (χ0v) is 10.5. The van der Waals surface area contributed by atoms with Crippen LogP contribution in [0.3, 0.4) is 0 Å². The third kappa shape index (κ3) is 2.40. The van der Waals surface area contributed by atoms with Crippen LogP contribution in [0.4, 0.5) is 5.69 Å². The first kappa shape index (κ1) is 12.3. The van der Waals surface area contributed by atoms with Crippen LogP contribution >= 0.6 is 0 Å². The van der Waals surface area contributed by atoms with E-state index in [1.165, 1.54) is 6.20 Å². The topological polar surface area (TPSA) is 70.7 Å². The predicted molar refractivity (Wildman–Crippen MR) is 69.5 cm³/mol. The standard InChI is InChI=1S/C13H16N4O/c1-3-9-6-5-7-10(4-2)12(9)15-13(18)11-8-14-17-16-11/h5-8H,3-4H2,1-2H3,(H,15,18)(H,14,16,17). The molecule has 0 fully saturated rings. The first-order valence-corrected chi connectivity index (χ1v) is 6.04. The normalized spacial score (nSPS) is 10.3. The van der Waals surface area contributed by atoms with Crippen LogP contribution in [0.5, 0.6) is 0 Å². The molecule has 18 heavy (non-hydrogen) atoms. The molecule has 5 heteroatoms. The van der Waals surface area contributed by atoms with Gasteiger partial charge in [-0.05, 0) is 24.0 Å². The highest BCUT2D eigenvalue weighted by atomic mass is 16.2. The van der Waals surface area contributed by atoms with E-state index in [-0.39, 0.29) is 5.91 Å². The number of H-pyrrole nitrogens is 1. The summed E-state index contributed by atoms with van der Waals surface area (Å²) in [6.45, 7) is 4.14. The number of aromatic nitrogens is 3. The number of aromatic amines is 1. The number of hydrogen-bond donors (Lipinski definition) is 2. The van der Waals surface area contributed by atoms with Crippen LogP contribution in [0.25, 0.3) is 0 Å². The Kier molecular flexibility index (Phi) is 3.72. The molecule has 1 aromatic heterocycles. The molecule has 1 aromatic carbocycles. The first-order valence-electron chi connectivity index (χ1n) is 6.04. The summed E-state index contributed by atoms with van der Waals surface area (Å²) in [5.41, 5.74) is 3.45. The zero-order chi connectivity index (χ0) is 13.0. The van der Waals surface area contributed by atoms with Crippen molar-refractivity contribution in [3.05, 3.63) is 41.2 Å². The molecule has 1 heterocycles. The Morgan fingerprint density at radius 2 is 1.94 bits per heavy atom. The minimum Gasteiger partial charge on any atom is -0.320 e. The van der Waals surface area contributed by atoms with Crippen LogP contribution in [-0.4, -0.2) is 21.3 Å². The Labute approximate surface area is 106 Å². The van der Waals surface area contributed by atoms with Gasteiger partial charge < -0.3 is 5.32 Å². The first-order chi connectivity index (χ1) is 8.76. The molecule has 0 radical (unpaired) electrons. The molecule has 94 valence electrons. The Morgan fingerprint density at radius 3 is 2.44 bits per heavy atom. The second-order valence-corrected chi connectivity index (χ2v) is 3.97. The van der Waals surface area contributed by atoms with Crippen molar-refractivity contribution in [3.8, 4) is 0 Å². The molecule has 0 bridgehead atoms. The minimum absolute atomic E-state index is 0.237. The number of hydrogen-bond acceptors (Lipinski definition) is 3. The summed E-state index contributed by atoms with van der Waals surface area (Å²) in [4.78, 5) is 12.0. The third-order valence-corrected chi connectivity index (χ3v) is 2.89. The molecule has 2 aromatic rings. The highest BCUT2D eigenvalue weighted by Crippen LogP contribution is 2.22. The van der Waals surface area contributed by atoms with E-state index in [9.17, 15) is 4.79 Å². The van der Waals surface area contributed by atoms with Gasteiger partial charge in [-0.3, -0.25) is 4.79 Å². The number of carbonyl (C=O) groups is 1. The van der Waals surface area contributed by atoms with Crippen LogP contribution in [0.15, 0.2) is 24.4 Å². The Morgan fingerprint density at radius 1 is 1.28 bits per heavy atom. The van der Waals surface area contributed by atoms with Gasteiger partial charge in [0.1, 0.15) is 0 Å². The zero-order valence-electron chi connectivity index (χ0n) is 10.5. The largest absolute Gasteiger partial charge is 0.320 e. The predicted octanol–water partition coefficient (Wildman–Crippen LogP) is 2.18. The van der Waals surface area contributed by atoms with Gasteiger partial charge >= 0.3 is 0 Å². The van der Waals surface area contributed by atoms with E-state index < -0.39 is 0 Å². The van der Waals surface area contributed by atoms with Crippen molar-refractivity contribution in [2.75, 3.05) is 5.32 Å². The van der Waals surface area contributed by atoms with Crippen molar-refractivity contribution in [2.24, 2.45) is 0 Å². The van der Waals surface area contributed by atoms with E-state index >= 15 is 0 Å². The van der Waals surface area contributed by atoms with Crippen LogP contribution in [0.2, 0.25) is 0 Å². The molecule has 5 nitrogen and oxygen atoms in total. The number of nitrogens with zero attached hydrogens (tertiary/aromatic N) is 2. The van der Waals surface area contributed by atoms with Crippen molar-refractivity contribution in [3.63, 3.8) is 0 Å². The van der Waals surface area contributed by atoms with E-state index in [4.69, 9.17) is 0 Å². The van der Waals surface area contributed by atoms with Crippen LogP contribution in [0, 0.1) is 0 Å². The van der Waals surface area contributed by atoms with Crippen LogP contribution in [0.1, 0.15) is 35.5 Å². The van der Waals surface area contributed by atoms with Gasteiger partial charge in [-0.2, -0.15) is 15.4 Å². The van der Waals surface area contributed by atoms with Crippen molar-refractivity contribution < 1.29 is 4.79 Å². The fourth-order valence-electron chi connectivity index (χ4n) is 1.89. The van der Waals surface area contributed by atoms with Crippen LogP contribution < -0.4 is 5.32 Å². The second-order valence-electron chi connectivity index (χ2n) is 3.97. The number of carbonyl (C=O) groups excluding carboxylic acids is 1. The molecular formula is C13H16N4O. The van der Waals surface area contributed by atoms with Gasteiger partial charge in [0.2, 0.25) is 0 Å². The van der Waals surface area contributed by atoms with Crippen molar-refractivity contribution in [1.29, 1.82) is 0 Å². The molecule has 2 N–H and O–H groups in total. The quantitative estimate of drug-likeness (QED) is 0.866. The van der Waals surface area contributed by atoms with E-state index in [1.54, 1.807) is 0 Å². The molecule has 0 unspecified atom stereocenters. The Balaban J connectivity index is 2.30. The summed E-state index contributed by atoms with van der Waals surface area (Å²) in [5.74, 6) is -0.237. The monoisotopic (exact) mass is 244 g/mol. The van der Waals surface area contributed by atoms with Gasteiger partial charge in [-0.1, -0.05) is 32.0 Å². The maximum atomic E-state index is 12.0. The number of rotatable bonds is 4. The number of nitrogens with one attached hydrogen (secondary N) is 2. The van der Waals surface area contributed by atoms with Gasteiger partial charge in [0, 0.05) is 5.69 Å². The number of benzene rings is 1. The molecule has 0 aliphatic carbocycles. The van der Waals surface area contributed by atoms with Gasteiger partial charge in [-0.15, -0.1) is 0 Å². The summed E-state index contributed by atoms with van der Waals surface area (Å²) in [6, 6.07) is 6.07. The summed E-state index contributed by atoms with van der Waals surface area (Å²) < 4.78 is 0. The average molecular weight is 244 g/mol. The third-order valence-electron chi connectivity index (χ3n) is 2.89. The second kappa shape index (κ2) is 5.44. The van der Waals surface area contributed by atoms with Crippen LogP contribution in [-0.2, 0) is 12.8 Å². The van der Waals surface area contributed by atoms with Crippen molar-refractivity contribution in [2.45, 2.75) is 26.7 Å². The maximum absolute atomic E-state index is 12.0. The molecule has 0 aliphatic rings. The van der Waals surface area contributed by atoms with E-state index in [2.05, 4.69) is 34.6 Å². The molecule has 0 aliphatic heterocycles. The fraction of sp³-hybridized carbons (Fsp3) is 0.308.